The van der Waals surface area contributed by atoms with E-state index in [-0.39, 0.29) is 18.7 Å². The number of alkyl halides is 3. The average molecular weight is 621 g/mol. The van der Waals surface area contributed by atoms with E-state index in [1.54, 1.807) is 30.9 Å². The van der Waals surface area contributed by atoms with Crippen molar-refractivity contribution >= 4 is 23.5 Å². The Morgan fingerprint density at radius 1 is 1.05 bits per heavy atom. The topological polar surface area (TPSA) is 113 Å². The van der Waals surface area contributed by atoms with Crippen molar-refractivity contribution in [1.82, 2.24) is 15.1 Å². The molecule has 2 aromatic rings. The number of halogens is 4. The zero-order valence-corrected chi connectivity index (χ0v) is 24.5. The van der Waals surface area contributed by atoms with Gasteiger partial charge in [0, 0.05) is 25.3 Å². The van der Waals surface area contributed by atoms with Gasteiger partial charge in [0.25, 0.3) is 5.91 Å². The summed E-state index contributed by atoms with van der Waals surface area (Å²) in [5, 5.41) is 23.4. The zero-order chi connectivity index (χ0) is 32.0. The van der Waals surface area contributed by atoms with Crippen molar-refractivity contribution in [3.63, 3.8) is 0 Å². The van der Waals surface area contributed by atoms with Crippen LogP contribution in [0.15, 0.2) is 42.5 Å². The van der Waals surface area contributed by atoms with Crippen molar-refractivity contribution in [1.29, 1.82) is 0 Å². The second-order valence-corrected chi connectivity index (χ2v) is 12.3. The highest BCUT2D eigenvalue weighted by atomic mass is 19.4. The fourth-order valence-corrected chi connectivity index (χ4v) is 6.24. The Balaban J connectivity index is 1.33. The number of carbonyl (C=O) groups is 3. The fraction of sp³-hybridized carbons (Fsp3) is 0.516. The van der Waals surface area contributed by atoms with Gasteiger partial charge in [-0.1, -0.05) is 13.8 Å². The third kappa shape index (κ3) is 6.25. The summed E-state index contributed by atoms with van der Waals surface area (Å²) in [6, 6.07) is 6.91. The van der Waals surface area contributed by atoms with E-state index in [4.69, 9.17) is 0 Å². The molecule has 2 aromatic carbocycles. The van der Waals surface area contributed by atoms with E-state index >= 15 is 0 Å². The van der Waals surface area contributed by atoms with Gasteiger partial charge in [-0.25, -0.2) is 9.18 Å². The van der Waals surface area contributed by atoms with E-state index in [0.717, 1.165) is 25.1 Å². The Kier molecular flexibility index (Phi) is 8.65. The van der Waals surface area contributed by atoms with Gasteiger partial charge in [0.15, 0.2) is 0 Å². The molecule has 238 valence electrons. The molecule has 44 heavy (non-hydrogen) atoms. The number of carboxylic acid groups (broad SMARTS) is 1. The Bertz CT molecular complexity index is 1400. The number of amides is 2. The van der Waals surface area contributed by atoms with Crippen LogP contribution in [-0.4, -0.2) is 81.9 Å². The number of likely N-dealkylation sites (tertiary alicyclic amines) is 1. The maximum atomic E-state index is 14.4. The quantitative estimate of drug-likeness (QED) is 0.380. The molecule has 1 aliphatic carbocycles. The number of carbonyl (C=O) groups excluding carboxylic acids is 2. The number of piperidine rings is 1. The van der Waals surface area contributed by atoms with E-state index in [9.17, 15) is 42.2 Å². The Labute approximate surface area is 252 Å². The minimum absolute atomic E-state index is 0.143. The summed E-state index contributed by atoms with van der Waals surface area (Å²) in [5.41, 5.74) is -1.84. The summed E-state index contributed by atoms with van der Waals surface area (Å²) in [6.45, 7) is 4.97. The summed E-state index contributed by atoms with van der Waals surface area (Å²) in [4.78, 5) is 43.6. The van der Waals surface area contributed by atoms with Gasteiger partial charge < -0.3 is 25.3 Å². The number of hydrogen-bond donors (Lipinski definition) is 3. The first-order valence-electron chi connectivity index (χ1n) is 14.7. The Morgan fingerprint density at radius 3 is 2.23 bits per heavy atom. The molecular weight excluding hydrogens is 584 g/mol. The van der Waals surface area contributed by atoms with E-state index in [1.807, 2.05) is 4.90 Å². The molecule has 2 atom stereocenters. The second-order valence-electron chi connectivity index (χ2n) is 12.3. The lowest BCUT2D eigenvalue weighted by Gasteiger charge is -2.47. The maximum absolute atomic E-state index is 14.4. The molecule has 3 N–H and O–H groups in total. The minimum Gasteiger partial charge on any atom is -0.478 e. The summed E-state index contributed by atoms with van der Waals surface area (Å²) in [6.07, 6.45) is -2.66. The normalized spacial score (nSPS) is 21.1. The third-order valence-corrected chi connectivity index (χ3v) is 9.00. The van der Waals surface area contributed by atoms with Crippen molar-refractivity contribution in [2.24, 2.45) is 11.8 Å². The molecular formula is C31H36F4N4O5. The first-order chi connectivity index (χ1) is 20.7. The monoisotopic (exact) mass is 620 g/mol. The van der Waals surface area contributed by atoms with Crippen LogP contribution >= 0.6 is 0 Å². The SMILES string of the molecule is CC(C)[C@@H](NC(=O)c1cc(C(F)(F)F)ccc1F)C(=O)N1CCC2(CC1)C(O)N(CC1CC1)CN2c1ccc(C(=O)O)cc1. The van der Waals surface area contributed by atoms with Gasteiger partial charge in [0.05, 0.1) is 28.9 Å². The molecule has 1 unspecified atom stereocenters. The molecule has 9 nitrogen and oxygen atoms in total. The van der Waals surface area contributed by atoms with Gasteiger partial charge in [0.2, 0.25) is 5.91 Å². The highest BCUT2D eigenvalue weighted by molar-refractivity contribution is 5.98. The first-order valence-corrected chi connectivity index (χ1v) is 14.7. The molecule has 2 saturated heterocycles. The number of aromatic carboxylic acids is 1. The molecule has 0 radical (unpaired) electrons. The van der Waals surface area contributed by atoms with Crippen molar-refractivity contribution in [3.8, 4) is 0 Å². The molecule has 5 rings (SSSR count). The Morgan fingerprint density at radius 2 is 1.68 bits per heavy atom. The number of benzene rings is 2. The largest absolute Gasteiger partial charge is 0.478 e. The van der Waals surface area contributed by atoms with Crippen molar-refractivity contribution in [2.45, 2.75) is 63.5 Å². The highest BCUT2D eigenvalue weighted by Crippen LogP contribution is 2.44. The third-order valence-electron chi connectivity index (χ3n) is 9.00. The smallest absolute Gasteiger partial charge is 0.416 e. The van der Waals surface area contributed by atoms with Crippen LogP contribution in [0.25, 0.3) is 0 Å². The predicted molar refractivity (Wildman–Crippen MR) is 152 cm³/mol. The van der Waals surface area contributed by atoms with Crippen LogP contribution in [-0.2, 0) is 11.0 Å². The van der Waals surface area contributed by atoms with Gasteiger partial charge in [0.1, 0.15) is 18.1 Å². The van der Waals surface area contributed by atoms with Crippen LogP contribution in [0.2, 0.25) is 0 Å². The lowest BCUT2D eigenvalue weighted by Crippen LogP contribution is -2.61. The van der Waals surface area contributed by atoms with Gasteiger partial charge in [-0.2, -0.15) is 13.2 Å². The van der Waals surface area contributed by atoms with Crippen LogP contribution in [0, 0.1) is 17.7 Å². The number of aliphatic hydroxyl groups is 1. The van der Waals surface area contributed by atoms with E-state index in [1.165, 1.54) is 12.1 Å². The van der Waals surface area contributed by atoms with Crippen molar-refractivity contribution in [3.05, 3.63) is 65.0 Å². The molecule has 1 saturated carbocycles. The Hall–Kier alpha value is -3.71. The summed E-state index contributed by atoms with van der Waals surface area (Å²) < 4.78 is 54.0. The molecule has 2 heterocycles. The van der Waals surface area contributed by atoms with Crippen LogP contribution < -0.4 is 10.2 Å². The molecule has 0 bridgehead atoms. The van der Waals surface area contributed by atoms with Crippen LogP contribution in [0.4, 0.5) is 23.2 Å². The molecule has 3 fully saturated rings. The van der Waals surface area contributed by atoms with Crippen molar-refractivity contribution in [2.75, 3.05) is 31.2 Å². The molecule has 2 amide bonds. The van der Waals surface area contributed by atoms with E-state index in [2.05, 4.69) is 10.2 Å². The summed E-state index contributed by atoms with van der Waals surface area (Å²) >= 11 is 0. The number of nitrogens with one attached hydrogen (secondary N) is 1. The number of hydrogen-bond acceptors (Lipinski definition) is 6. The molecule has 13 heteroatoms. The summed E-state index contributed by atoms with van der Waals surface area (Å²) in [5.74, 6) is -3.69. The maximum Gasteiger partial charge on any atom is 0.416 e. The lowest BCUT2D eigenvalue weighted by molar-refractivity contribution is -0.138. The molecule has 2 aliphatic heterocycles. The number of nitrogens with zero attached hydrogens (tertiary/aromatic N) is 3. The van der Waals surface area contributed by atoms with E-state index < -0.39 is 64.6 Å². The standard InChI is InChI=1S/C31H36F4N4O5/c1-18(2)25(36-26(40)23-15-21(31(33,34)35)7-10-24(23)32)27(41)37-13-11-30(12-14-37)29(44)38(16-19-3-4-19)17-39(30)22-8-5-20(6-9-22)28(42)43/h5-10,15,18-19,25,29,44H,3-4,11-14,16-17H2,1-2H3,(H,36,40)(H,42,43)/t25-,29?/m1/s1. The van der Waals surface area contributed by atoms with Crippen molar-refractivity contribution < 1.29 is 42.2 Å². The van der Waals surface area contributed by atoms with Crippen LogP contribution in [0.3, 0.4) is 0 Å². The average Bonchev–Trinajstić information content (AvgIpc) is 3.76. The van der Waals surface area contributed by atoms with Crippen LogP contribution in [0.1, 0.15) is 65.8 Å². The van der Waals surface area contributed by atoms with Crippen LogP contribution in [0.5, 0.6) is 0 Å². The van der Waals surface area contributed by atoms with Gasteiger partial charge >= 0.3 is 12.1 Å². The molecule has 1 spiro atoms. The van der Waals surface area contributed by atoms with Gasteiger partial charge in [-0.3, -0.25) is 14.5 Å². The van der Waals surface area contributed by atoms with Gasteiger partial charge in [-0.15, -0.1) is 0 Å². The first kappa shape index (κ1) is 31.7. The van der Waals surface area contributed by atoms with Gasteiger partial charge in [-0.05, 0) is 80.0 Å². The zero-order valence-electron chi connectivity index (χ0n) is 24.5. The molecule has 3 aliphatic rings. The van der Waals surface area contributed by atoms with E-state index in [0.29, 0.717) is 43.6 Å². The second kappa shape index (κ2) is 12.0. The minimum atomic E-state index is -4.77. The number of carboxylic acids is 1. The number of aliphatic hydroxyl groups excluding tert-OH is 1. The lowest BCUT2D eigenvalue weighted by atomic mass is 9.84. The molecule has 0 aromatic heterocycles. The number of rotatable bonds is 8. The number of anilines is 1. The summed E-state index contributed by atoms with van der Waals surface area (Å²) in [7, 11) is 0. The highest BCUT2D eigenvalue weighted by Gasteiger charge is 2.54. The predicted octanol–water partition coefficient (Wildman–Crippen LogP) is 4.17. The fourth-order valence-electron chi connectivity index (χ4n) is 6.24.